The summed E-state index contributed by atoms with van der Waals surface area (Å²) in [6.07, 6.45) is 5.35. The van der Waals surface area contributed by atoms with Gasteiger partial charge in [-0.3, -0.25) is 4.79 Å². The summed E-state index contributed by atoms with van der Waals surface area (Å²) in [4.78, 5) is 10.5. The lowest BCUT2D eigenvalue weighted by molar-refractivity contribution is -0.105. The van der Waals surface area contributed by atoms with Crippen LogP contribution in [0.25, 0.3) is 0 Å². The standard InChI is InChI=1S/C13H23NO.C9H12.2H2/c1-9(8-15)7-12(14)13-10(2)5-4-6-11(13)3;1-7-4-5-8(2)9(3)6-7;;/h8,10-13H,1,4-7,14H2,2-3H3;4-6H,1-3H3;2*1H. The molecule has 1 aliphatic carbocycles. The first-order valence-electron chi connectivity index (χ1n) is 9.18. The van der Waals surface area contributed by atoms with Crippen LogP contribution in [-0.2, 0) is 4.79 Å². The maximum atomic E-state index is 10.5. The van der Waals surface area contributed by atoms with Crippen molar-refractivity contribution in [3.05, 3.63) is 47.0 Å². The van der Waals surface area contributed by atoms with Crippen molar-refractivity contribution in [2.75, 3.05) is 0 Å². The van der Waals surface area contributed by atoms with Crippen molar-refractivity contribution in [1.29, 1.82) is 0 Å². The number of hydrogen-bond acceptors (Lipinski definition) is 2. The molecule has 2 nitrogen and oxygen atoms in total. The Hall–Kier alpha value is -1.41. The summed E-state index contributed by atoms with van der Waals surface area (Å²) in [5.74, 6) is 1.92. The van der Waals surface area contributed by atoms with Gasteiger partial charge in [-0.1, -0.05) is 63.5 Å². The molecule has 24 heavy (non-hydrogen) atoms. The van der Waals surface area contributed by atoms with E-state index in [9.17, 15) is 4.79 Å². The summed E-state index contributed by atoms with van der Waals surface area (Å²) < 4.78 is 0. The molecule has 3 unspecified atom stereocenters. The zero-order chi connectivity index (χ0) is 18.3. The van der Waals surface area contributed by atoms with Crippen LogP contribution >= 0.6 is 0 Å². The minimum absolute atomic E-state index is 0. The molecule has 1 saturated carbocycles. The molecule has 0 aromatic heterocycles. The van der Waals surface area contributed by atoms with Crippen LogP contribution in [0.4, 0.5) is 0 Å². The van der Waals surface area contributed by atoms with Gasteiger partial charge in [0.2, 0.25) is 0 Å². The highest BCUT2D eigenvalue weighted by Gasteiger charge is 2.32. The summed E-state index contributed by atoms with van der Waals surface area (Å²) in [6.45, 7) is 14.7. The van der Waals surface area contributed by atoms with E-state index in [-0.39, 0.29) is 8.90 Å². The second-order valence-corrected chi connectivity index (χ2v) is 7.69. The van der Waals surface area contributed by atoms with Crippen LogP contribution in [0.5, 0.6) is 0 Å². The molecule has 138 valence electrons. The van der Waals surface area contributed by atoms with Gasteiger partial charge in [0.05, 0.1) is 0 Å². The van der Waals surface area contributed by atoms with E-state index in [4.69, 9.17) is 5.73 Å². The van der Waals surface area contributed by atoms with Crippen molar-refractivity contribution in [1.82, 2.24) is 0 Å². The van der Waals surface area contributed by atoms with Crippen molar-refractivity contribution < 1.29 is 7.65 Å². The molecule has 0 spiro atoms. The van der Waals surface area contributed by atoms with Gasteiger partial charge in [-0.15, -0.1) is 0 Å². The van der Waals surface area contributed by atoms with Gasteiger partial charge >= 0.3 is 0 Å². The Balaban J connectivity index is 0. The van der Waals surface area contributed by atoms with Gasteiger partial charge < -0.3 is 5.73 Å². The number of benzene rings is 1. The summed E-state index contributed by atoms with van der Waals surface area (Å²) >= 11 is 0. The van der Waals surface area contributed by atoms with E-state index >= 15 is 0 Å². The molecule has 2 N–H and O–H groups in total. The van der Waals surface area contributed by atoms with Crippen LogP contribution in [0.1, 0.15) is 59.1 Å². The lowest BCUT2D eigenvalue weighted by atomic mass is 9.69. The zero-order valence-electron chi connectivity index (χ0n) is 16.1. The zero-order valence-corrected chi connectivity index (χ0v) is 16.1. The molecule has 1 aromatic rings. The average molecular weight is 334 g/mol. The maximum absolute atomic E-state index is 10.5. The largest absolute Gasteiger partial charge is 0.327 e. The normalized spacial score (nSPS) is 24.5. The van der Waals surface area contributed by atoms with E-state index in [0.717, 1.165) is 6.29 Å². The van der Waals surface area contributed by atoms with Gasteiger partial charge in [-0.05, 0) is 61.6 Å². The van der Waals surface area contributed by atoms with Gasteiger partial charge in [0, 0.05) is 8.90 Å². The van der Waals surface area contributed by atoms with E-state index in [0.29, 0.717) is 29.7 Å². The summed E-state index contributed by atoms with van der Waals surface area (Å²) in [7, 11) is 0. The number of aryl methyl sites for hydroxylation is 3. The summed E-state index contributed by atoms with van der Waals surface area (Å²) in [6, 6.07) is 6.61. The van der Waals surface area contributed by atoms with Crippen molar-refractivity contribution >= 4 is 6.29 Å². The van der Waals surface area contributed by atoms with Crippen LogP contribution in [-0.4, -0.2) is 12.3 Å². The van der Waals surface area contributed by atoms with Gasteiger partial charge in [-0.2, -0.15) is 0 Å². The Morgan fingerprint density at radius 2 is 1.83 bits per heavy atom. The Kier molecular flexibility index (Phi) is 8.41. The quantitative estimate of drug-likeness (QED) is 0.572. The number of rotatable bonds is 4. The fraction of sp³-hybridized carbons (Fsp3) is 0.591. The van der Waals surface area contributed by atoms with Gasteiger partial charge in [0.15, 0.2) is 0 Å². The van der Waals surface area contributed by atoms with E-state index in [1.165, 1.54) is 36.0 Å². The Morgan fingerprint density at radius 3 is 2.29 bits per heavy atom. The predicted octanol–water partition coefficient (Wildman–Crippen LogP) is 5.64. The minimum atomic E-state index is 0. The summed E-state index contributed by atoms with van der Waals surface area (Å²) in [5.41, 5.74) is 10.9. The second kappa shape index (κ2) is 9.78. The Bertz CT molecular complexity index is 549. The van der Waals surface area contributed by atoms with Gasteiger partial charge in [-0.25, -0.2) is 0 Å². The molecule has 0 bridgehead atoms. The number of hydrogen-bond donors (Lipinski definition) is 1. The monoisotopic (exact) mass is 333 g/mol. The highest BCUT2D eigenvalue weighted by atomic mass is 16.1. The molecule has 3 atom stereocenters. The third kappa shape index (κ3) is 6.24. The molecule has 2 rings (SSSR count). The van der Waals surface area contributed by atoms with Crippen LogP contribution in [0.15, 0.2) is 30.4 Å². The molecule has 1 fully saturated rings. The first-order chi connectivity index (χ1) is 11.3. The van der Waals surface area contributed by atoms with E-state index in [2.05, 4.69) is 59.4 Å². The van der Waals surface area contributed by atoms with Crippen LogP contribution < -0.4 is 5.73 Å². The molecule has 1 aromatic carbocycles. The smallest absolute Gasteiger partial charge is 0.145 e. The third-order valence-electron chi connectivity index (χ3n) is 5.45. The first kappa shape index (κ1) is 20.6. The minimum Gasteiger partial charge on any atom is -0.327 e. The van der Waals surface area contributed by atoms with Crippen LogP contribution in [0.3, 0.4) is 0 Å². The number of nitrogens with two attached hydrogens (primary N) is 1. The SMILES string of the molecule is C=C(C=O)CC(N)C1C(C)CCCC1C.Cc1ccc(C)c(C)c1.[HH].[HH]. The molecule has 0 heterocycles. The van der Waals surface area contributed by atoms with Gasteiger partial charge in [0.1, 0.15) is 6.29 Å². The molecule has 0 radical (unpaired) electrons. The van der Waals surface area contributed by atoms with Crippen molar-refractivity contribution in [3.63, 3.8) is 0 Å². The van der Waals surface area contributed by atoms with E-state index in [1.807, 2.05) is 0 Å². The van der Waals surface area contributed by atoms with Crippen molar-refractivity contribution in [2.24, 2.45) is 23.5 Å². The Labute approximate surface area is 151 Å². The topological polar surface area (TPSA) is 43.1 Å². The molecule has 0 saturated heterocycles. The number of carbonyl (C=O) groups excluding carboxylic acids is 1. The Morgan fingerprint density at radius 1 is 1.25 bits per heavy atom. The predicted molar refractivity (Wildman–Crippen MR) is 108 cm³/mol. The fourth-order valence-corrected chi connectivity index (χ4v) is 3.93. The highest BCUT2D eigenvalue weighted by molar-refractivity contribution is 5.72. The van der Waals surface area contributed by atoms with Gasteiger partial charge in [0.25, 0.3) is 0 Å². The first-order valence-corrected chi connectivity index (χ1v) is 9.18. The van der Waals surface area contributed by atoms with E-state index in [1.54, 1.807) is 0 Å². The molecular formula is C22H39NO. The van der Waals surface area contributed by atoms with E-state index < -0.39 is 0 Å². The van der Waals surface area contributed by atoms with Crippen molar-refractivity contribution in [2.45, 2.75) is 66.3 Å². The molecule has 0 aliphatic heterocycles. The lowest BCUT2D eigenvalue weighted by Crippen LogP contribution is -2.40. The third-order valence-corrected chi connectivity index (χ3v) is 5.45. The number of aldehydes is 1. The number of carbonyl (C=O) groups is 1. The van der Waals surface area contributed by atoms with Crippen LogP contribution in [0, 0.1) is 38.5 Å². The van der Waals surface area contributed by atoms with Crippen LogP contribution in [0.2, 0.25) is 0 Å². The molecule has 0 amide bonds. The highest BCUT2D eigenvalue weighted by Crippen LogP contribution is 2.37. The average Bonchev–Trinajstić information content (AvgIpc) is 2.51. The summed E-state index contributed by atoms with van der Waals surface area (Å²) in [5, 5.41) is 0. The lowest BCUT2D eigenvalue weighted by Gasteiger charge is -2.38. The second-order valence-electron chi connectivity index (χ2n) is 7.69. The van der Waals surface area contributed by atoms with Crippen molar-refractivity contribution in [3.8, 4) is 0 Å². The molecular weight excluding hydrogens is 294 g/mol. The maximum Gasteiger partial charge on any atom is 0.145 e. The molecule has 1 aliphatic rings. The molecule has 2 heteroatoms. The fourth-order valence-electron chi connectivity index (χ4n) is 3.93.